The van der Waals surface area contributed by atoms with Gasteiger partial charge in [0.2, 0.25) is 0 Å². The highest BCUT2D eigenvalue weighted by atomic mass is 16.5. The zero-order valence-electron chi connectivity index (χ0n) is 7.23. The second kappa shape index (κ2) is 4.00. The van der Waals surface area contributed by atoms with E-state index in [1.54, 1.807) is 18.2 Å². The Balaban J connectivity index is 2.67. The highest BCUT2D eigenvalue weighted by Gasteiger charge is 2.02. The van der Waals surface area contributed by atoms with Crippen LogP contribution in [0.4, 0.5) is 11.4 Å². The molecule has 4 heteroatoms. The van der Waals surface area contributed by atoms with Crippen molar-refractivity contribution in [3.63, 3.8) is 0 Å². The van der Waals surface area contributed by atoms with Gasteiger partial charge in [-0.1, -0.05) is 0 Å². The zero-order valence-corrected chi connectivity index (χ0v) is 7.23. The highest BCUT2D eigenvalue weighted by Crippen LogP contribution is 2.23. The number of benzene rings is 1. The summed E-state index contributed by atoms with van der Waals surface area (Å²) >= 11 is 0. The molecule has 71 valence electrons. The molecule has 1 radical (unpaired) electrons. The summed E-state index contributed by atoms with van der Waals surface area (Å²) in [5.74, 6) is 0.511. The van der Waals surface area contributed by atoms with Crippen molar-refractivity contribution in [1.29, 1.82) is 0 Å². The Morgan fingerprint density at radius 3 is 2.69 bits per heavy atom. The van der Waals surface area contributed by atoms with Crippen LogP contribution in [0, 0.1) is 6.92 Å². The maximum Gasteiger partial charge on any atom is 0.142 e. The molecule has 5 N–H and O–H groups in total. The molecule has 1 unspecified atom stereocenters. The number of aliphatic hydroxyl groups is 1. The van der Waals surface area contributed by atoms with Crippen LogP contribution in [0.15, 0.2) is 18.2 Å². The summed E-state index contributed by atoms with van der Waals surface area (Å²) in [7, 11) is 0. The lowest BCUT2D eigenvalue weighted by molar-refractivity contribution is 0.143. The maximum absolute atomic E-state index is 8.86. The van der Waals surface area contributed by atoms with Crippen LogP contribution in [-0.4, -0.2) is 17.8 Å². The molecular formula is C9H13N2O2. The number of ether oxygens (including phenoxy) is 1. The van der Waals surface area contributed by atoms with Gasteiger partial charge in [-0.25, -0.2) is 0 Å². The van der Waals surface area contributed by atoms with E-state index in [0.717, 1.165) is 0 Å². The van der Waals surface area contributed by atoms with Crippen LogP contribution in [0.25, 0.3) is 0 Å². The Kier molecular flexibility index (Phi) is 2.97. The van der Waals surface area contributed by atoms with E-state index in [-0.39, 0.29) is 6.61 Å². The van der Waals surface area contributed by atoms with E-state index in [4.69, 9.17) is 21.3 Å². The molecule has 0 aromatic heterocycles. The predicted octanol–water partition coefficient (Wildman–Crippen LogP) is 0.425. The molecule has 0 amide bonds. The first-order chi connectivity index (χ1) is 6.09. The number of anilines is 2. The molecule has 1 atom stereocenters. The van der Waals surface area contributed by atoms with Crippen molar-refractivity contribution in [1.82, 2.24) is 0 Å². The van der Waals surface area contributed by atoms with Crippen LogP contribution >= 0.6 is 0 Å². The molecular weight excluding hydrogens is 168 g/mol. The number of hydrogen-bond donors (Lipinski definition) is 3. The second-order valence-corrected chi connectivity index (χ2v) is 2.76. The van der Waals surface area contributed by atoms with Gasteiger partial charge in [0.15, 0.2) is 0 Å². The number of nitrogen functional groups attached to an aromatic ring is 2. The maximum atomic E-state index is 8.86. The van der Waals surface area contributed by atoms with Crippen molar-refractivity contribution in [3.8, 4) is 5.75 Å². The number of hydrogen-bond acceptors (Lipinski definition) is 4. The Hall–Kier alpha value is -1.42. The molecule has 0 aliphatic rings. The summed E-state index contributed by atoms with van der Waals surface area (Å²) in [6.07, 6.45) is -0.753. The average molecular weight is 181 g/mol. The molecule has 0 aliphatic carbocycles. The topological polar surface area (TPSA) is 81.5 Å². The zero-order chi connectivity index (χ0) is 9.84. The molecule has 0 saturated heterocycles. The molecule has 4 nitrogen and oxygen atoms in total. The third-order valence-electron chi connectivity index (χ3n) is 1.47. The molecule has 0 bridgehead atoms. The fraction of sp³-hybridized carbons (Fsp3) is 0.222. The first-order valence-electron chi connectivity index (χ1n) is 3.88. The fourth-order valence-corrected chi connectivity index (χ4v) is 0.884. The second-order valence-electron chi connectivity index (χ2n) is 2.76. The lowest BCUT2D eigenvalue weighted by Gasteiger charge is -2.10. The SMILES string of the molecule is [CH2]C(O)COc1ccc(N)cc1N. The normalized spacial score (nSPS) is 12.5. The van der Waals surface area contributed by atoms with Gasteiger partial charge in [-0.3, -0.25) is 0 Å². The molecule has 0 fully saturated rings. The fourth-order valence-electron chi connectivity index (χ4n) is 0.884. The van der Waals surface area contributed by atoms with Gasteiger partial charge in [0.05, 0.1) is 11.8 Å². The molecule has 0 saturated carbocycles. The van der Waals surface area contributed by atoms with Crippen LogP contribution < -0.4 is 16.2 Å². The summed E-state index contributed by atoms with van der Waals surface area (Å²) in [4.78, 5) is 0. The van der Waals surface area contributed by atoms with Gasteiger partial charge in [0.1, 0.15) is 12.4 Å². The monoisotopic (exact) mass is 181 g/mol. The molecule has 0 spiro atoms. The van der Waals surface area contributed by atoms with Crippen molar-refractivity contribution < 1.29 is 9.84 Å². The third-order valence-corrected chi connectivity index (χ3v) is 1.47. The van der Waals surface area contributed by atoms with E-state index in [1.165, 1.54) is 0 Å². The van der Waals surface area contributed by atoms with E-state index in [1.807, 2.05) is 0 Å². The van der Waals surface area contributed by atoms with Gasteiger partial charge in [0.25, 0.3) is 0 Å². The summed E-state index contributed by atoms with van der Waals surface area (Å²) < 4.78 is 5.16. The first-order valence-corrected chi connectivity index (χ1v) is 3.88. The van der Waals surface area contributed by atoms with Gasteiger partial charge >= 0.3 is 0 Å². The molecule has 0 heterocycles. The van der Waals surface area contributed by atoms with Crippen molar-refractivity contribution >= 4 is 11.4 Å². The van der Waals surface area contributed by atoms with Crippen LogP contribution in [0.5, 0.6) is 5.75 Å². The van der Waals surface area contributed by atoms with Crippen molar-refractivity contribution in [2.45, 2.75) is 6.10 Å². The van der Waals surface area contributed by atoms with Gasteiger partial charge < -0.3 is 21.3 Å². The quantitative estimate of drug-likeness (QED) is 0.590. The van der Waals surface area contributed by atoms with E-state index in [0.29, 0.717) is 17.1 Å². The van der Waals surface area contributed by atoms with E-state index < -0.39 is 6.10 Å². The third kappa shape index (κ3) is 2.83. The predicted molar refractivity (Wildman–Crippen MR) is 52.1 cm³/mol. The van der Waals surface area contributed by atoms with Gasteiger partial charge in [-0.05, 0) is 25.1 Å². The Morgan fingerprint density at radius 1 is 1.46 bits per heavy atom. The largest absolute Gasteiger partial charge is 0.489 e. The van der Waals surface area contributed by atoms with Gasteiger partial charge in [0, 0.05) is 5.69 Å². The number of rotatable bonds is 3. The van der Waals surface area contributed by atoms with Crippen LogP contribution in [0.1, 0.15) is 0 Å². The molecule has 1 aromatic rings. The van der Waals surface area contributed by atoms with Crippen molar-refractivity contribution in [3.05, 3.63) is 25.1 Å². The lowest BCUT2D eigenvalue weighted by Crippen LogP contribution is -2.13. The minimum Gasteiger partial charge on any atom is -0.489 e. The molecule has 13 heavy (non-hydrogen) atoms. The van der Waals surface area contributed by atoms with Crippen LogP contribution in [0.2, 0.25) is 0 Å². The Morgan fingerprint density at radius 2 is 2.15 bits per heavy atom. The Labute approximate surface area is 77.1 Å². The summed E-state index contributed by atoms with van der Waals surface area (Å²) in [6.45, 7) is 3.48. The van der Waals surface area contributed by atoms with Crippen molar-refractivity contribution in [2.24, 2.45) is 0 Å². The minimum absolute atomic E-state index is 0.119. The molecule has 1 rings (SSSR count). The van der Waals surface area contributed by atoms with E-state index in [2.05, 4.69) is 6.92 Å². The lowest BCUT2D eigenvalue weighted by atomic mass is 10.2. The molecule has 0 aliphatic heterocycles. The highest BCUT2D eigenvalue weighted by molar-refractivity contribution is 5.60. The summed E-state index contributed by atoms with van der Waals surface area (Å²) in [5.41, 5.74) is 12.1. The van der Waals surface area contributed by atoms with E-state index >= 15 is 0 Å². The average Bonchev–Trinajstić information content (AvgIpc) is 2.02. The standard InChI is InChI=1S/C9H13N2O2/c1-6(12)5-13-9-3-2-7(10)4-8(9)11/h2-4,6,12H,1,5,10-11H2. The van der Waals surface area contributed by atoms with Gasteiger partial charge in [-0.2, -0.15) is 0 Å². The van der Waals surface area contributed by atoms with Crippen molar-refractivity contribution in [2.75, 3.05) is 18.1 Å². The first kappa shape index (κ1) is 9.67. The summed E-state index contributed by atoms with van der Waals surface area (Å²) in [6, 6.07) is 4.94. The number of nitrogens with two attached hydrogens (primary N) is 2. The smallest absolute Gasteiger partial charge is 0.142 e. The molecule has 1 aromatic carbocycles. The van der Waals surface area contributed by atoms with Crippen LogP contribution in [0.3, 0.4) is 0 Å². The minimum atomic E-state index is -0.753. The number of aliphatic hydroxyl groups excluding tert-OH is 1. The Bertz CT molecular complexity index is 287. The van der Waals surface area contributed by atoms with Gasteiger partial charge in [-0.15, -0.1) is 0 Å². The van der Waals surface area contributed by atoms with Crippen LogP contribution in [-0.2, 0) is 0 Å². The van der Waals surface area contributed by atoms with E-state index in [9.17, 15) is 0 Å². The summed E-state index contributed by atoms with van der Waals surface area (Å²) in [5, 5.41) is 8.86.